The fraction of sp³-hybridized carbons (Fsp3) is 1.00. The first kappa shape index (κ1) is 8.31. The molecule has 1 unspecified atom stereocenters. The van der Waals surface area contributed by atoms with Crippen LogP contribution in [0.5, 0.6) is 0 Å². The number of unbranched alkanes of at least 4 members (excludes halogenated alkanes) is 1. The number of hydrogen-bond acceptors (Lipinski definition) is 2. The Morgan fingerprint density at radius 2 is 2.30 bits per heavy atom. The zero-order valence-corrected chi connectivity index (χ0v) is 6.77. The summed E-state index contributed by atoms with van der Waals surface area (Å²) in [5.41, 5.74) is 0. The SMILES string of the molecule is ClCCCCOCC1CO1. The van der Waals surface area contributed by atoms with Gasteiger partial charge >= 0.3 is 0 Å². The Kier molecular flexibility index (Phi) is 4.10. The lowest BCUT2D eigenvalue weighted by atomic mass is 10.4. The minimum absolute atomic E-state index is 0.399. The standard InChI is InChI=1S/C7H13ClO2/c8-3-1-2-4-9-5-7-6-10-7/h7H,1-6H2. The van der Waals surface area contributed by atoms with Crippen LogP contribution in [0.3, 0.4) is 0 Å². The molecule has 0 aromatic heterocycles. The molecule has 0 saturated carbocycles. The summed E-state index contributed by atoms with van der Waals surface area (Å²) in [5, 5.41) is 0. The maximum absolute atomic E-state index is 5.48. The van der Waals surface area contributed by atoms with Crippen molar-refractivity contribution in [3.63, 3.8) is 0 Å². The molecule has 1 aliphatic rings. The predicted octanol–water partition coefficient (Wildman–Crippen LogP) is 1.42. The lowest BCUT2D eigenvalue weighted by Crippen LogP contribution is -2.02. The average Bonchev–Trinajstić information content (AvgIpc) is 2.71. The van der Waals surface area contributed by atoms with Crippen LogP contribution in [0.2, 0.25) is 0 Å². The van der Waals surface area contributed by atoms with Gasteiger partial charge in [0.15, 0.2) is 0 Å². The van der Waals surface area contributed by atoms with Crippen LogP contribution >= 0.6 is 11.6 Å². The number of ether oxygens (including phenoxy) is 2. The monoisotopic (exact) mass is 164 g/mol. The predicted molar refractivity (Wildman–Crippen MR) is 40.5 cm³/mol. The Morgan fingerprint density at radius 3 is 2.90 bits per heavy atom. The van der Waals surface area contributed by atoms with Gasteiger partial charge in [0.05, 0.1) is 13.2 Å². The largest absolute Gasteiger partial charge is 0.379 e. The number of alkyl halides is 1. The zero-order chi connectivity index (χ0) is 7.23. The van der Waals surface area contributed by atoms with E-state index in [1.54, 1.807) is 0 Å². The third-order valence-electron chi connectivity index (χ3n) is 1.38. The molecule has 60 valence electrons. The summed E-state index contributed by atoms with van der Waals surface area (Å²) in [4.78, 5) is 0. The van der Waals surface area contributed by atoms with Crippen molar-refractivity contribution in [1.29, 1.82) is 0 Å². The normalized spacial score (nSPS) is 23.1. The molecule has 0 aromatic carbocycles. The molecular formula is C7H13ClO2. The highest BCUT2D eigenvalue weighted by atomic mass is 35.5. The minimum atomic E-state index is 0.399. The average molecular weight is 165 g/mol. The third-order valence-corrected chi connectivity index (χ3v) is 1.65. The molecule has 0 aliphatic carbocycles. The third kappa shape index (κ3) is 4.09. The lowest BCUT2D eigenvalue weighted by molar-refractivity contribution is 0.114. The maximum atomic E-state index is 5.48. The highest BCUT2D eigenvalue weighted by Gasteiger charge is 2.21. The van der Waals surface area contributed by atoms with Crippen LogP contribution in [-0.4, -0.2) is 31.8 Å². The summed E-state index contributed by atoms with van der Waals surface area (Å²) in [5.74, 6) is 0.739. The van der Waals surface area contributed by atoms with Crippen molar-refractivity contribution >= 4 is 11.6 Å². The van der Waals surface area contributed by atoms with Gasteiger partial charge in [-0.05, 0) is 12.8 Å². The summed E-state index contributed by atoms with van der Waals surface area (Å²) in [6.45, 7) is 2.48. The molecule has 0 aromatic rings. The van der Waals surface area contributed by atoms with Gasteiger partial charge in [-0.2, -0.15) is 0 Å². The Balaban J connectivity index is 1.68. The van der Waals surface area contributed by atoms with E-state index < -0.39 is 0 Å². The molecule has 0 radical (unpaired) electrons. The van der Waals surface area contributed by atoms with Crippen LogP contribution in [0.1, 0.15) is 12.8 Å². The highest BCUT2D eigenvalue weighted by molar-refractivity contribution is 6.17. The summed E-state index contributed by atoms with van der Waals surface area (Å²) in [6, 6.07) is 0. The van der Waals surface area contributed by atoms with E-state index >= 15 is 0 Å². The summed E-state index contributed by atoms with van der Waals surface area (Å²) in [7, 11) is 0. The van der Waals surface area contributed by atoms with Gasteiger partial charge in [0.2, 0.25) is 0 Å². The summed E-state index contributed by atoms with van der Waals surface area (Å²) in [6.07, 6.45) is 2.51. The van der Waals surface area contributed by atoms with E-state index in [4.69, 9.17) is 21.1 Å². The quantitative estimate of drug-likeness (QED) is 0.337. The van der Waals surface area contributed by atoms with Crippen LogP contribution < -0.4 is 0 Å². The Labute approximate surface area is 66.5 Å². The summed E-state index contributed by atoms with van der Waals surface area (Å²) >= 11 is 5.48. The van der Waals surface area contributed by atoms with E-state index in [0.29, 0.717) is 6.10 Å². The molecule has 0 N–H and O–H groups in total. The number of halogens is 1. The summed E-state index contributed by atoms with van der Waals surface area (Å²) < 4.78 is 10.2. The van der Waals surface area contributed by atoms with Gasteiger partial charge in [0.25, 0.3) is 0 Å². The molecule has 1 fully saturated rings. The lowest BCUT2D eigenvalue weighted by Gasteiger charge is -1.98. The van der Waals surface area contributed by atoms with Gasteiger partial charge in [-0.25, -0.2) is 0 Å². The van der Waals surface area contributed by atoms with Gasteiger partial charge in [-0.3, -0.25) is 0 Å². The fourth-order valence-electron chi connectivity index (χ4n) is 0.678. The van der Waals surface area contributed by atoms with Gasteiger partial charge in [0.1, 0.15) is 6.10 Å². The van der Waals surface area contributed by atoms with E-state index in [-0.39, 0.29) is 0 Å². The van der Waals surface area contributed by atoms with E-state index in [0.717, 1.165) is 38.5 Å². The smallest absolute Gasteiger partial charge is 0.104 e. The number of hydrogen-bond donors (Lipinski definition) is 0. The second-order valence-corrected chi connectivity index (χ2v) is 2.80. The molecular weight excluding hydrogens is 152 g/mol. The first-order chi connectivity index (χ1) is 4.93. The number of epoxide rings is 1. The number of rotatable bonds is 6. The maximum Gasteiger partial charge on any atom is 0.104 e. The van der Waals surface area contributed by atoms with Gasteiger partial charge in [0, 0.05) is 12.5 Å². The van der Waals surface area contributed by atoms with Gasteiger partial charge in [-0.1, -0.05) is 0 Å². The van der Waals surface area contributed by atoms with Gasteiger partial charge < -0.3 is 9.47 Å². The minimum Gasteiger partial charge on any atom is -0.379 e. The second kappa shape index (κ2) is 4.94. The van der Waals surface area contributed by atoms with Crippen LogP contribution in [0.25, 0.3) is 0 Å². The molecule has 0 bridgehead atoms. The molecule has 1 saturated heterocycles. The van der Waals surface area contributed by atoms with Crippen molar-refractivity contribution in [1.82, 2.24) is 0 Å². The van der Waals surface area contributed by atoms with Crippen LogP contribution in [0, 0.1) is 0 Å². The van der Waals surface area contributed by atoms with Crippen LogP contribution in [-0.2, 0) is 9.47 Å². The van der Waals surface area contributed by atoms with Crippen molar-refractivity contribution in [3.8, 4) is 0 Å². The molecule has 1 aliphatic heterocycles. The molecule has 1 rings (SSSR count). The fourth-order valence-corrected chi connectivity index (χ4v) is 0.867. The van der Waals surface area contributed by atoms with Crippen LogP contribution in [0.4, 0.5) is 0 Å². The van der Waals surface area contributed by atoms with Crippen LogP contribution in [0.15, 0.2) is 0 Å². The molecule has 3 heteroatoms. The van der Waals surface area contributed by atoms with Crippen molar-refractivity contribution < 1.29 is 9.47 Å². The van der Waals surface area contributed by atoms with Crippen molar-refractivity contribution in [2.24, 2.45) is 0 Å². The Bertz CT molecular complexity index is 83.7. The van der Waals surface area contributed by atoms with E-state index in [1.165, 1.54) is 0 Å². The Hall–Kier alpha value is 0.210. The van der Waals surface area contributed by atoms with Crippen molar-refractivity contribution in [3.05, 3.63) is 0 Å². The van der Waals surface area contributed by atoms with E-state index in [9.17, 15) is 0 Å². The van der Waals surface area contributed by atoms with Gasteiger partial charge in [-0.15, -0.1) is 11.6 Å². The molecule has 2 nitrogen and oxygen atoms in total. The first-order valence-corrected chi connectivity index (χ1v) is 4.22. The molecule has 1 heterocycles. The molecule has 0 spiro atoms. The second-order valence-electron chi connectivity index (χ2n) is 2.43. The first-order valence-electron chi connectivity index (χ1n) is 3.69. The zero-order valence-electron chi connectivity index (χ0n) is 6.01. The molecule has 10 heavy (non-hydrogen) atoms. The van der Waals surface area contributed by atoms with E-state index in [1.807, 2.05) is 0 Å². The van der Waals surface area contributed by atoms with Crippen molar-refractivity contribution in [2.75, 3.05) is 25.7 Å². The Morgan fingerprint density at radius 1 is 1.50 bits per heavy atom. The molecule has 0 amide bonds. The van der Waals surface area contributed by atoms with E-state index in [2.05, 4.69) is 0 Å². The molecule has 1 atom stereocenters. The topological polar surface area (TPSA) is 21.8 Å². The van der Waals surface area contributed by atoms with Crippen molar-refractivity contribution in [2.45, 2.75) is 18.9 Å². The highest BCUT2D eigenvalue weighted by Crippen LogP contribution is 2.08.